The maximum Gasteiger partial charge on any atom is 0.344 e. The molecule has 26 heavy (non-hydrogen) atoms. The lowest BCUT2D eigenvalue weighted by Gasteiger charge is -2.13. The Morgan fingerprint density at radius 3 is 2.35 bits per heavy atom. The van der Waals surface area contributed by atoms with Crippen molar-refractivity contribution in [3.63, 3.8) is 0 Å². The number of hydrogen-bond acceptors (Lipinski definition) is 4. The lowest BCUT2D eigenvalue weighted by molar-refractivity contribution is -0.149. The summed E-state index contributed by atoms with van der Waals surface area (Å²) >= 11 is 11.7. The number of rotatable bonds is 7. The number of carbonyl (C=O) groups excluding carboxylic acids is 2. The normalized spacial score (nSPS) is 10.5. The Balaban J connectivity index is 1.80. The Labute approximate surface area is 162 Å². The Bertz CT molecular complexity index is 773. The number of amides is 1. The highest BCUT2D eigenvalue weighted by Gasteiger charge is 2.12. The van der Waals surface area contributed by atoms with Crippen molar-refractivity contribution < 1.29 is 19.1 Å². The van der Waals surface area contributed by atoms with Crippen molar-refractivity contribution in [2.75, 3.05) is 18.5 Å². The minimum absolute atomic E-state index is 0.262. The molecule has 0 aliphatic carbocycles. The third-order valence-corrected chi connectivity index (χ3v) is 3.83. The molecule has 0 aliphatic rings. The van der Waals surface area contributed by atoms with E-state index >= 15 is 0 Å². The second-order valence-corrected chi connectivity index (χ2v) is 6.72. The lowest BCUT2D eigenvalue weighted by atomic mass is 10.0. The van der Waals surface area contributed by atoms with Crippen LogP contribution in [-0.2, 0) is 14.3 Å². The van der Waals surface area contributed by atoms with Crippen LogP contribution in [0.25, 0.3) is 0 Å². The second kappa shape index (κ2) is 9.46. The van der Waals surface area contributed by atoms with Gasteiger partial charge in [0.2, 0.25) is 0 Å². The van der Waals surface area contributed by atoms with Crippen LogP contribution in [0.1, 0.15) is 25.3 Å². The quantitative estimate of drug-likeness (QED) is 0.691. The highest BCUT2D eigenvalue weighted by Crippen LogP contribution is 2.25. The van der Waals surface area contributed by atoms with Gasteiger partial charge in [0, 0.05) is 15.7 Å². The van der Waals surface area contributed by atoms with Crippen LogP contribution in [0.4, 0.5) is 5.69 Å². The zero-order valence-electron chi connectivity index (χ0n) is 14.4. The van der Waals surface area contributed by atoms with Gasteiger partial charge >= 0.3 is 5.97 Å². The SMILES string of the molecule is CC(C)c1ccccc1OCC(=O)OCC(=O)Nc1cc(Cl)cc(Cl)c1. The van der Waals surface area contributed by atoms with E-state index < -0.39 is 18.5 Å². The van der Waals surface area contributed by atoms with Crippen LogP contribution >= 0.6 is 23.2 Å². The molecular weight excluding hydrogens is 377 g/mol. The smallest absolute Gasteiger partial charge is 0.344 e. The van der Waals surface area contributed by atoms with Crippen LogP contribution in [0, 0.1) is 0 Å². The van der Waals surface area contributed by atoms with Gasteiger partial charge in [-0.15, -0.1) is 0 Å². The number of para-hydroxylation sites is 1. The van der Waals surface area contributed by atoms with Gasteiger partial charge < -0.3 is 14.8 Å². The summed E-state index contributed by atoms with van der Waals surface area (Å²) in [5, 5.41) is 3.33. The molecule has 0 heterocycles. The van der Waals surface area contributed by atoms with Crippen LogP contribution < -0.4 is 10.1 Å². The molecule has 1 N–H and O–H groups in total. The summed E-state index contributed by atoms with van der Waals surface area (Å²) in [6.07, 6.45) is 0. The maximum absolute atomic E-state index is 11.8. The number of anilines is 1. The Morgan fingerprint density at radius 2 is 1.69 bits per heavy atom. The molecule has 2 aromatic carbocycles. The van der Waals surface area contributed by atoms with Crippen LogP contribution in [-0.4, -0.2) is 25.1 Å². The van der Waals surface area contributed by atoms with Crippen molar-refractivity contribution >= 4 is 40.8 Å². The van der Waals surface area contributed by atoms with Crippen molar-refractivity contribution in [3.05, 3.63) is 58.1 Å². The Kier molecular flexibility index (Phi) is 7.30. The molecule has 0 aromatic heterocycles. The highest BCUT2D eigenvalue weighted by molar-refractivity contribution is 6.35. The van der Waals surface area contributed by atoms with Gasteiger partial charge in [0.05, 0.1) is 0 Å². The average Bonchev–Trinajstić information content (AvgIpc) is 2.57. The van der Waals surface area contributed by atoms with Crippen molar-refractivity contribution in [2.45, 2.75) is 19.8 Å². The van der Waals surface area contributed by atoms with Gasteiger partial charge in [-0.1, -0.05) is 55.2 Å². The summed E-state index contributed by atoms with van der Waals surface area (Å²) in [5.74, 6) is -0.253. The number of carbonyl (C=O) groups is 2. The first-order chi connectivity index (χ1) is 12.3. The minimum atomic E-state index is -0.636. The fourth-order valence-corrected chi connectivity index (χ4v) is 2.76. The molecule has 5 nitrogen and oxygen atoms in total. The summed E-state index contributed by atoms with van der Waals surface area (Å²) < 4.78 is 10.4. The van der Waals surface area contributed by atoms with Gasteiger partial charge in [-0.05, 0) is 35.7 Å². The first kappa shape index (κ1) is 20.1. The molecule has 0 fully saturated rings. The second-order valence-electron chi connectivity index (χ2n) is 5.85. The van der Waals surface area contributed by atoms with E-state index in [1.165, 1.54) is 0 Å². The van der Waals surface area contributed by atoms with Crippen molar-refractivity contribution in [1.29, 1.82) is 0 Å². The van der Waals surface area contributed by atoms with Gasteiger partial charge in [-0.2, -0.15) is 0 Å². The molecule has 0 radical (unpaired) electrons. The van der Waals surface area contributed by atoms with Gasteiger partial charge in [0.15, 0.2) is 13.2 Å². The van der Waals surface area contributed by atoms with Crippen LogP contribution in [0.3, 0.4) is 0 Å². The number of hydrogen-bond donors (Lipinski definition) is 1. The van der Waals surface area contributed by atoms with Crippen LogP contribution in [0.5, 0.6) is 5.75 Å². The number of halogens is 2. The van der Waals surface area contributed by atoms with Gasteiger partial charge in [0.25, 0.3) is 5.91 Å². The lowest BCUT2D eigenvalue weighted by Crippen LogP contribution is -2.23. The maximum atomic E-state index is 11.8. The van der Waals surface area contributed by atoms with Gasteiger partial charge in [0.1, 0.15) is 5.75 Å². The van der Waals surface area contributed by atoms with E-state index in [1.807, 2.05) is 32.0 Å². The molecule has 2 aromatic rings. The van der Waals surface area contributed by atoms with E-state index in [0.29, 0.717) is 21.5 Å². The van der Waals surface area contributed by atoms with E-state index in [1.54, 1.807) is 24.3 Å². The van der Waals surface area contributed by atoms with Crippen LogP contribution in [0.15, 0.2) is 42.5 Å². The summed E-state index contributed by atoms with van der Waals surface area (Å²) in [6, 6.07) is 12.1. The summed E-state index contributed by atoms with van der Waals surface area (Å²) in [6.45, 7) is 3.36. The molecule has 0 spiro atoms. The topological polar surface area (TPSA) is 64.6 Å². The molecule has 2 rings (SSSR count). The molecule has 0 saturated carbocycles. The van der Waals surface area contributed by atoms with E-state index in [2.05, 4.69) is 5.32 Å². The van der Waals surface area contributed by atoms with E-state index in [9.17, 15) is 9.59 Å². The minimum Gasteiger partial charge on any atom is -0.482 e. The third-order valence-electron chi connectivity index (χ3n) is 3.40. The highest BCUT2D eigenvalue weighted by atomic mass is 35.5. The van der Waals surface area contributed by atoms with E-state index in [0.717, 1.165) is 5.56 Å². The zero-order valence-corrected chi connectivity index (χ0v) is 15.9. The molecule has 0 unspecified atom stereocenters. The fourth-order valence-electron chi connectivity index (χ4n) is 2.24. The Morgan fingerprint density at radius 1 is 1.04 bits per heavy atom. The number of ether oxygens (including phenoxy) is 2. The largest absolute Gasteiger partial charge is 0.482 e. The van der Waals surface area contributed by atoms with Crippen molar-refractivity contribution in [1.82, 2.24) is 0 Å². The first-order valence-electron chi connectivity index (χ1n) is 7.98. The molecule has 0 bridgehead atoms. The molecule has 0 saturated heterocycles. The molecule has 7 heteroatoms. The van der Waals surface area contributed by atoms with Gasteiger partial charge in [-0.3, -0.25) is 4.79 Å². The molecule has 0 aliphatic heterocycles. The molecular formula is C19H19Cl2NO4. The van der Waals surface area contributed by atoms with E-state index in [4.69, 9.17) is 32.7 Å². The first-order valence-corrected chi connectivity index (χ1v) is 8.74. The van der Waals surface area contributed by atoms with Crippen LogP contribution in [0.2, 0.25) is 10.0 Å². The Hall–Kier alpha value is -2.24. The van der Waals surface area contributed by atoms with E-state index in [-0.39, 0.29) is 12.5 Å². The molecule has 138 valence electrons. The summed E-state index contributed by atoms with van der Waals surface area (Å²) in [5.41, 5.74) is 1.42. The number of esters is 1. The predicted molar refractivity (Wildman–Crippen MR) is 102 cm³/mol. The summed E-state index contributed by atoms with van der Waals surface area (Å²) in [4.78, 5) is 23.6. The summed E-state index contributed by atoms with van der Waals surface area (Å²) in [7, 11) is 0. The fraction of sp³-hybridized carbons (Fsp3) is 0.263. The molecule has 0 atom stereocenters. The van der Waals surface area contributed by atoms with Crippen molar-refractivity contribution in [2.24, 2.45) is 0 Å². The monoisotopic (exact) mass is 395 g/mol. The standard InChI is InChI=1S/C19H19Cl2NO4/c1-12(2)16-5-3-4-6-17(16)25-11-19(24)26-10-18(23)22-15-8-13(20)7-14(21)9-15/h3-9,12H,10-11H2,1-2H3,(H,22,23). The van der Waals surface area contributed by atoms with Crippen molar-refractivity contribution in [3.8, 4) is 5.75 Å². The van der Waals surface area contributed by atoms with Gasteiger partial charge in [-0.25, -0.2) is 4.79 Å². The third kappa shape index (κ3) is 6.24. The average molecular weight is 396 g/mol. The number of benzene rings is 2. The molecule has 1 amide bonds. The predicted octanol–water partition coefficient (Wildman–Crippen LogP) is 4.68. The number of nitrogens with one attached hydrogen (secondary N) is 1. The zero-order chi connectivity index (χ0) is 19.1.